The van der Waals surface area contributed by atoms with Crippen molar-refractivity contribution in [1.82, 2.24) is 19.7 Å². The zero-order chi connectivity index (χ0) is 17.2. The number of rotatable bonds is 3. The first kappa shape index (κ1) is 15.6. The highest BCUT2D eigenvalue weighted by Crippen LogP contribution is 2.19. The molecule has 0 saturated carbocycles. The molecule has 0 radical (unpaired) electrons. The van der Waals surface area contributed by atoms with Crippen molar-refractivity contribution in [3.8, 4) is 0 Å². The summed E-state index contributed by atoms with van der Waals surface area (Å²) >= 11 is 0. The number of nitrogens with one attached hydrogen (secondary N) is 2. The second kappa shape index (κ2) is 6.52. The largest absolute Gasteiger partial charge is 0.369 e. The molecule has 2 N–H and O–H groups in total. The van der Waals surface area contributed by atoms with E-state index in [1.54, 1.807) is 12.4 Å². The van der Waals surface area contributed by atoms with Gasteiger partial charge in [0.1, 0.15) is 5.69 Å². The van der Waals surface area contributed by atoms with Crippen LogP contribution in [0.4, 0.5) is 11.4 Å². The molecule has 0 aliphatic carbocycles. The van der Waals surface area contributed by atoms with Crippen LogP contribution in [0.2, 0.25) is 0 Å². The van der Waals surface area contributed by atoms with Crippen molar-refractivity contribution < 1.29 is 4.79 Å². The van der Waals surface area contributed by atoms with Gasteiger partial charge in [-0.3, -0.25) is 4.79 Å². The van der Waals surface area contributed by atoms with Gasteiger partial charge in [0, 0.05) is 49.9 Å². The van der Waals surface area contributed by atoms with Crippen molar-refractivity contribution in [2.75, 3.05) is 36.4 Å². The lowest BCUT2D eigenvalue weighted by Gasteiger charge is -2.29. The number of fused-ring (bicyclic) bond motifs is 1. The minimum absolute atomic E-state index is 0.233. The molecule has 1 amide bonds. The third-order valence-corrected chi connectivity index (χ3v) is 4.30. The molecule has 25 heavy (non-hydrogen) atoms. The number of amides is 1. The van der Waals surface area contributed by atoms with Gasteiger partial charge < -0.3 is 19.9 Å². The van der Waals surface area contributed by atoms with Crippen molar-refractivity contribution in [2.24, 2.45) is 0 Å². The number of aryl methyl sites for hydroxylation is 1. The maximum atomic E-state index is 12.4. The first-order valence-electron chi connectivity index (χ1n) is 8.37. The molecule has 0 bridgehead atoms. The number of benzene rings is 1. The molecule has 1 saturated heterocycles. The molecule has 7 heteroatoms. The van der Waals surface area contributed by atoms with E-state index in [9.17, 15) is 4.79 Å². The van der Waals surface area contributed by atoms with Crippen LogP contribution in [0.5, 0.6) is 0 Å². The third-order valence-electron chi connectivity index (χ3n) is 4.30. The van der Waals surface area contributed by atoms with Crippen LogP contribution in [0.1, 0.15) is 16.2 Å². The Morgan fingerprint density at radius 3 is 2.68 bits per heavy atom. The van der Waals surface area contributed by atoms with Gasteiger partial charge in [-0.1, -0.05) is 0 Å². The second-order valence-electron chi connectivity index (χ2n) is 6.16. The molecular formula is C18H20N6O. The number of aromatic nitrogens is 3. The Labute approximate surface area is 145 Å². The number of imidazole rings is 1. The number of carbonyl (C=O) groups is 1. The number of anilines is 2. The Morgan fingerprint density at radius 1 is 1.16 bits per heavy atom. The number of carbonyl (C=O) groups excluding carboxylic acids is 1. The van der Waals surface area contributed by atoms with E-state index in [4.69, 9.17) is 0 Å². The van der Waals surface area contributed by atoms with E-state index < -0.39 is 0 Å². The first-order valence-corrected chi connectivity index (χ1v) is 8.37. The Morgan fingerprint density at radius 2 is 1.92 bits per heavy atom. The fourth-order valence-corrected chi connectivity index (χ4v) is 3.02. The van der Waals surface area contributed by atoms with Gasteiger partial charge in [-0.2, -0.15) is 0 Å². The van der Waals surface area contributed by atoms with Gasteiger partial charge in [0.05, 0.1) is 11.9 Å². The molecule has 3 aromatic rings. The van der Waals surface area contributed by atoms with Gasteiger partial charge in [0.15, 0.2) is 5.65 Å². The highest BCUT2D eigenvalue weighted by molar-refractivity contribution is 6.02. The zero-order valence-electron chi connectivity index (χ0n) is 14.1. The second-order valence-corrected chi connectivity index (χ2v) is 6.16. The summed E-state index contributed by atoms with van der Waals surface area (Å²) in [6.07, 6.45) is 5.17. The fourth-order valence-electron chi connectivity index (χ4n) is 3.02. The molecule has 0 unspecified atom stereocenters. The molecule has 1 aliphatic rings. The van der Waals surface area contributed by atoms with Gasteiger partial charge in [0.2, 0.25) is 0 Å². The van der Waals surface area contributed by atoms with Crippen molar-refractivity contribution in [3.63, 3.8) is 0 Å². The lowest BCUT2D eigenvalue weighted by molar-refractivity contribution is 0.102. The lowest BCUT2D eigenvalue weighted by atomic mass is 10.2. The summed E-state index contributed by atoms with van der Waals surface area (Å²) in [5, 5.41) is 6.24. The molecule has 7 nitrogen and oxygen atoms in total. The molecular weight excluding hydrogens is 316 g/mol. The Bertz CT molecular complexity index is 896. The minimum Gasteiger partial charge on any atom is -0.369 e. The number of piperazine rings is 1. The van der Waals surface area contributed by atoms with E-state index in [1.165, 1.54) is 5.69 Å². The van der Waals surface area contributed by atoms with Gasteiger partial charge >= 0.3 is 0 Å². The van der Waals surface area contributed by atoms with E-state index in [0.29, 0.717) is 5.69 Å². The Balaban J connectivity index is 1.47. The Kier molecular flexibility index (Phi) is 4.07. The third kappa shape index (κ3) is 3.32. The molecule has 0 spiro atoms. The normalized spacial score (nSPS) is 14.7. The maximum Gasteiger partial charge on any atom is 0.275 e. The summed E-state index contributed by atoms with van der Waals surface area (Å²) < 4.78 is 1.81. The van der Waals surface area contributed by atoms with Crippen molar-refractivity contribution in [1.29, 1.82) is 0 Å². The zero-order valence-corrected chi connectivity index (χ0v) is 14.1. The SMILES string of the molecule is Cc1cn2cc(C(=O)Nc3ccc(N4CCNCC4)cc3)ncc2n1. The number of hydrogen-bond acceptors (Lipinski definition) is 5. The molecule has 0 atom stereocenters. The summed E-state index contributed by atoms with van der Waals surface area (Å²) in [6, 6.07) is 7.93. The van der Waals surface area contributed by atoms with Crippen LogP contribution in [0, 0.1) is 6.92 Å². The van der Waals surface area contributed by atoms with Gasteiger partial charge in [-0.25, -0.2) is 9.97 Å². The van der Waals surface area contributed by atoms with Crippen molar-refractivity contribution in [3.05, 3.63) is 54.2 Å². The predicted molar refractivity (Wildman–Crippen MR) is 97.2 cm³/mol. The summed E-state index contributed by atoms with van der Waals surface area (Å²) in [7, 11) is 0. The minimum atomic E-state index is -0.233. The lowest BCUT2D eigenvalue weighted by Crippen LogP contribution is -2.43. The van der Waals surface area contributed by atoms with E-state index in [-0.39, 0.29) is 5.91 Å². The molecule has 2 aromatic heterocycles. The van der Waals surface area contributed by atoms with Crippen LogP contribution < -0.4 is 15.5 Å². The van der Waals surface area contributed by atoms with Crippen LogP contribution in [-0.4, -0.2) is 46.5 Å². The fraction of sp³-hybridized carbons (Fsp3) is 0.278. The molecule has 1 aromatic carbocycles. The van der Waals surface area contributed by atoms with Gasteiger partial charge in [-0.05, 0) is 31.2 Å². The standard InChI is InChI=1S/C18H20N6O/c1-13-11-24-12-16(20-10-17(24)21-13)18(25)22-14-2-4-15(5-3-14)23-8-6-19-7-9-23/h2-5,10-12,19H,6-9H2,1H3,(H,22,25). The smallest absolute Gasteiger partial charge is 0.275 e. The van der Waals surface area contributed by atoms with Crippen LogP contribution in [0.3, 0.4) is 0 Å². The summed E-state index contributed by atoms with van der Waals surface area (Å²) in [5.41, 5.74) is 3.91. The molecule has 1 aliphatic heterocycles. The highest BCUT2D eigenvalue weighted by Gasteiger charge is 2.12. The quantitative estimate of drug-likeness (QED) is 0.761. The predicted octanol–water partition coefficient (Wildman–Crippen LogP) is 1.70. The summed E-state index contributed by atoms with van der Waals surface area (Å²) in [6.45, 7) is 5.91. The average Bonchev–Trinajstić information content (AvgIpc) is 3.02. The van der Waals surface area contributed by atoms with E-state index in [0.717, 1.165) is 43.2 Å². The summed E-state index contributed by atoms with van der Waals surface area (Å²) in [4.78, 5) is 23.3. The van der Waals surface area contributed by atoms with E-state index in [1.807, 2.05) is 41.8 Å². The molecule has 1 fully saturated rings. The van der Waals surface area contributed by atoms with Crippen molar-refractivity contribution in [2.45, 2.75) is 6.92 Å². The van der Waals surface area contributed by atoms with Crippen molar-refractivity contribution >= 4 is 22.9 Å². The monoisotopic (exact) mass is 336 g/mol. The van der Waals surface area contributed by atoms with Gasteiger partial charge in [-0.15, -0.1) is 0 Å². The van der Waals surface area contributed by atoms with E-state index in [2.05, 4.69) is 25.5 Å². The van der Waals surface area contributed by atoms with Crippen LogP contribution in [-0.2, 0) is 0 Å². The molecule has 3 heterocycles. The molecule has 128 valence electrons. The highest BCUT2D eigenvalue weighted by atomic mass is 16.1. The first-order chi connectivity index (χ1) is 12.2. The van der Waals surface area contributed by atoms with Crippen LogP contribution >= 0.6 is 0 Å². The van der Waals surface area contributed by atoms with E-state index >= 15 is 0 Å². The van der Waals surface area contributed by atoms with Crippen LogP contribution in [0.15, 0.2) is 42.9 Å². The van der Waals surface area contributed by atoms with Gasteiger partial charge in [0.25, 0.3) is 5.91 Å². The maximum absolute atomic E-state index is 12.4. The van der Waals surface area contributed by atoms with Crippen LogP contribution in [0.25, 0.3) is 5.65 Å². The number of hydrogen-bond donors (Lipinski definition) is 2. The Hall–Kier alpha value is -2.93. The number of nitrogens with zero attached hydrogens (tertiary/aromatic N) is 4. The average molecular weight is 336 g/mol. The topological polar surface area (TPSA) is 74.6 Å². The summed E-state index contributed by atoms with van der Waals surface area (Å²) in [5.74, 6) is -0.233. The molecule has 4 rings (SSSR count).